The Bertz CT molecular complexity index is 868. The number of aliphatic carboxylic acids is 1. The van der Waals surface area contributed by atoms with E-state index >= 15 is 0 Å². The second-order valence-electron chi connectivity index (χ2n) is 6.56. The van der Waals surface area contributed by atoms with Gasteiger partial charge in [0.05, 0.1) is 23.4 Å². The first-order chi connectivity index (χ1) is 12.7. The number of carbonyl (C=O) groups excluding carboxylic acids is 1. The SMILES string of the molecule is Cc1cccc(-n2ncc(C(=O)N3CCC(C(=O)O)CC3)c2C(F)(F)F)c1. The Morgan fingerprint density at radius 2 is 1.89 bits per heavy atom. The minimum absolute atomic E-state index is 0.0999. The largest absolute Gasteiger partial charge is 0.481 e. The Morgan fingerprint density at radius 3 is 2.44 bits per heavy atom. The van der Waals surface area contributed by atoms with Crippen LogP contribution in [0.3, 0.4) is 0 Å². The minimum Gasteiger partial charge on any atom is -0.481 e. The van der Waals surface area contributed by atoms with Gasteiger partial charge in [0.25, 0.3) is 5.91 Å². The number of aromatic nitrogens is 2. The van der Waals surface area contributed by atoms with Crippen molar-refractivity contribution in [2.75, 3.05) is 13.1 Å². The van der Waals surface area contributed by atoms with Crippen molar-refractivity contribution >= 4 is 11.9 Å². The number of hydrogen-bond donors (Lipinski definition) is 1. The third kappa shape index (κ3) is 3.81. The maximum absolute atomic E-state index is 13.7. The van der Waals surface area contributed by atoms with Gasteiger partial charge in [0.15, 0.2) is 5.69 Å². The van der Waals surface area contributed by atoms with E-state index in [4.69, 9.17) is 5.11 Å². The van der Waals surface area contributed by atoms with Crippen LogP contribution in [-0.2, 0) is 11.0 Å². The first kappa shape index (κ1) is 18.9. The zero-order chi connectivity index (χ0) is 19.8. The van der Waals surface area contributed by atoms with E-state index in [9.17, 15) is 22.8 Å². The number of alkyl halides is 3. The van der Waals surface area contributed by atoms with Crippen LogP contribution in [0.15, 0.2) is 30.5 Å². The Balaban J connectivity index is 1.94. The summed E-state index contributed by atoms with van der Waals surface area (Å²) in [6.07, 6.45) is -3.41. The molecule has 0 spiro atoms. The van der Waals surface area contributed by atoms with Gasteiger partial charge >= 0.3 is 12.1 Å². The molecule has 1 fully saturated rings. The van der Waals surface area contributed by atoms with Crippen molar-refractivity contribution in [1.82, 2.24) is 14.7 Å². The number of halogens is 3. The van der Waals surface area contributed by atoms with E-state index in [0.29, 0.717) is 0 Å². The maximum atomic E-state index is 13.7. The first-order valence-corrected chi connectivity index (χ1v) is 8.43. The van der Waals surface area contributed by atoms with Crippen LogP contribution in [-0.4, -0.2) is 44.8 Å². The van der Waals surface area contributed by atoms with Crippen molar-refractivity contribution in [3.8, 4) is 5.69 Å². The summed E-state index contributed by atoms with van der Waals surface area (Å²) in [6.45, 7) is 1.95. The number of hydrogen-bond acceptors (Lipinski definition) is 3. The lowest BCUT2D eigenvalue weighted by atomic mass is 9.96. The number of amides is 1. The number of rotatable bonds is 3. The highest BCUT2D eigenvalue weighted by Crippen LogP contribution is 2.34. The lowest BCUT2D eigenvalue weighted by Crippen LogP contribution is -2.40. The number of carbonyl (C=O) groups is 2. The van der Waals surface area contributed by atoms with Gasteiger partial charge in [-0.1, -0.05) is 12.1 Å². The van der Waals surface area contributed by atoms with Crippen molar-refractivity contribution in [3.05, 3.63) is 47.3 Å². The molecular weight excluding hydrogens is 363 g/mol. The predicted molar refractivity (Wildman–Crippen MR) is 89.6 cm³/mol. The molecule has 1 aliphatic rings. The Labute approximate surface area is 153 Å². The average molecular weight is 381 g/mol. The van der Waals surface area contributed by atoms with Crippen molar-refractivity contribution in [2.45, 2.75) is 25.9 Å². The van der Waals surface area contributed by atoms with Crippen LogP contribution in [0.5, 0.6) is 0 Å². The van der Waals surface area contributed by atoms with E-state index in [2.05, 4.69) is 5.10 Å². The highest BCUT2D eigenvalue weighted by atomic mass is 19.4. The van der Waals surface area contributed by atoms with Gasteiger partial charge < -0.3 is 10.0 Å². The van der Waals surface area contributed by atoms with Gasteiger partial charge in [0, 0.05) is 13.1 Å². The molecule has 1 aromatic heterocycles. The van der Waals surface area contributed by atoms with Gasteiger partial charge in [0.2, 0.25) is 0 Å². The third-order valence-corrected chi connectivity index (χ3v) is 4.65. The molecule has 144 valence electrons. The number of nitrogens with zero attached hydrogens (tertiary/aromatic N) is 3. The molecule has 0 aliphatic carbocycles. The van der Waals surface area contributed by atoms with E-state index in [-0.39, 0.29) is 31.6 Å². The van der Waals surface area contributed by atoms with E-state index in [1.54, 1.807) is 25.1 Å². The van der Waals surface area contributed by atoms with Crippen molar-refractivity contribution < 1.29 is 27.9 Å². The molecule has 3 rings (SSSR count). The molecule has 9 heteroatoms. The van der Waals surface area contributed by atoms with E-state index in [0.717, 1.165) is 16.4 Å². The summed E-state index contributed by atoms with van der Waals surface area (Å²) in [6, 6.07) is 6.40. The fourth-order valence-electron chi connectivity index (χ4n) is 3.23. The zero-order valence-electron chi connectivity index (χ0n) is 14.5. The number of aryl methyl sites for hydroxylation is 1. The van der Waals surface area contributed by atoms with Crippen molar-refractivity contribution in [2.24, 2.45) is 5.92 Å². The molecular formula is C18H18F3N3O3. The molecule has 6 nitrogen and oxygen atoms in total. The molecule has 0 unspecified atom stereocenters. The quantitative estimate of drug-likeness (QED) is 0.886. The molecule has 0 radical (unpaired) electrons. The molecule has 1 aromatic carbocycles. The number of benzene rings is 1. The first-order valence-electron chi connectivity index (χ1n) is 8.43. The van der Waals surface area contributed by atoms with Gasteiger partial charge in [-0.15, -0.1) is 0 Å². The lowest BCUT2D eigenvalue weighted by molar-refractivity contribution is -0.143. The molecule has 0 atom stereocenters. The zero-order valence-corrected chi connectivity index (χ0v) is 14.5. The van der Waals surface area contributed by atoms with Crippen LogP contribution in [0, 0.1) is 12.8 Å². The Morgan fingerprint density at radius 1 is 1.22 bits per heavy atom. The number of likely N-dealkylation sites (tertiary alicyclic amines) is 1. The van der Waals surface area contributed by atoms with Crippen LogP contribution in [0.4, 0.5) is 13.2 Å². The summed E-state index contributed by atoms with van der Waals surface area (Å²) in [7, 11) is 0. The molecule has 0 saturated carbocycles. The molecule has 2 heterocycles. The second kappa shape index (κ2) is 7.05. The minimum atomic E-state index is -4.77. The smallest absolute Gasteiger partial charge is 0.434 e. The monoisotopic (exact) mass is 381 g/mol. The summed E-state index contributed by atoms with van der Waals surface area (Å²) in [5, 5.41) is 12.8. The topological polar surface area (TPSA) is 75.4 Å². The van der Waals surface area contributed by atoms with Gasteiger partial charge in [-0.3, -0.25) is 9.59 Å². The fourth-order valence-corrected chi connectivity index (χ4v) is 3.23. The molecule has 1 saturated heterocycles. The van der Waals surface area contributed by atoms with Crippen molar-refractivity contribution in [1.29, 1.82) is 0 Å². The van der Waals surface area contributed by atoms with E-state index in [1.165, 1.54) is 11.0 Å². The summed E-state index contributed by atoms with van der Waals surface area (Å²) >= 11 is 0. The Kier molecular flexibility index (Phi) is 4.95. The van der Waals surface area contributed by atoms with Crippen LogP contribution in [0.25, 0.3) is 5.69 Å². The van der Waals surface area contributed by atoms with Crippen LogP contribution >= 0.6 is 0 Å². The van der Waals surface area contributed by atoms with Gasteiger partial charge in [-0.25, -0.2) is 4.68 Å². The third-order valence-electron chi connectivity index (χ3n) is 4.65. The highest BCUT2D eigenvalue weighted by molar-refractivity contribution is 5.95. The van der Waals surface area contributed by atoms with E-state index in [1.807, 2.05) is 0 Å². The number of carboxylic acid groups (broad SMARTS) is 1. The summed E-state index contributed by atoms with van der Waals surface area (Å²) in [5.41, 5.74) is -0.679. The molecule has 1 aliphatic heterocycles. The summed E-state index contributed by atoms with van der Waals surface area (Å²) in [4.78, 5) is 24.9. The standard InChI is InChI=1S/C18H18F3N3O3/c1-11-3-2-4-13(9-11)24-15(18(19,20)21)14(10-22-24)16(25)23-7-5-12(6-8-23)17(26)27/h2-4,9-10,12H,5-8H2,1H3,(H,26,27). The van der Waals surface area contributed by atoms with Crippen molar-refractivity contribution in [3.63, 3.8) is 0 Å². The molecule has 1 N–H and O–H groups in total. The second-order valence-corrected chi connectivity index (χ2v) is 6.56. The Hall–Kier alpha value is -2.84. The summed E-state index contributed by atoms with van der Waals surface area (Å²) in [5.74, 6) is -2.32. The van der Waals surface area contributed by atoms with Gasteiger partial charge in [0.1, 0.15) is 0 Å². The highest BCUT2D eigenvalue weighted by Gasteiger charge is 2.42. The predicted octanol–water partition coefficient (Wildman–Crippen LogP) is 3.14. The number of piperidine rings is 1. The molecule has 0 bridgehead atoms. The molecule has 27 heavy (non-hydrogen) atoms. The van der Waals surface area contributed by atoms with Crippen LogP contribution < -0.4 is 0 Å². The average Bonchev–Trinajstić information content (AvgIpc) is 3.06. The number of carboxylic acids is 1. The van der Waals surface area contributed by atoms with Crippen LogP contribution in [0.1, 0.15) is 34.5 Å². The van der Waals surface area contributed by atoms with E-state index < -0.39 is 35.2 Å². The van der Waals surface area contributed by atoms with Crippen LogP contribution in [0.2, 0.25) is 0 Å². The lowest BCUT2D eigenvalue weighted by Gasteiger charge is -2.30. The normalized spacial score (nSPS) is 15.8. The molecule has 2 aromatic rings. The fraction of sp³-hybridized carbons (Fsp3) is 0.389. The van der Waals surface area contributed by atoms with Gasteiger partial charge in [-0.05, 0) is 37.5 Å². The summed E-state index contributed by atoms with van der Waals surface area (Å²) < 4.78 is 41.9. The maximum Gasteiger partial charge on any atom is 0.434 e. The molecule has 1 amide bonds. The van der Waals surface area contributed by atoms with Gasteiger partial charge in [-0.2, -0.15) is 18.3 Å².